The normalized spacial score (nSPS) is 10.4. The Kier molecular flexibility index (Phi) is 4.09. The SMILES string of the molecule is Oc1ccc(CNc2ccc(Br)c(F)c2)cc1Cl. The molecule has 2 rings (SSSR count). The molecule has 18 heavy (non-hydrogen) atoms. The summed E-state index contributed by atoms with van der Waals surface area (Å²) < 4.78 is 13.7. The van der Waals surface area contributed by atoms with E-state index in [1.165, 1.54) is 12.1 Å². The second-order valence-electron chi connectivity index (χ2n) is 3.77. The summed E-state index contributed by atoms with van der Waals surface area (Å²) in [5.41, 5.74) is 1.58. The van der Waals surface area contributed by atoms with Crippen molar-refractivity contribution >= 4 is 33.2 Å². The third-order valence-corrected chi connectivity index (χ3v) is 3.37. The molecule has 0 spiro atoms. The number of aromatic hydroxyl groups is 1. The van der Waals surface area contributed by atoms with Crippen LogP contribution in [0.1, 0.15) is 5.56 Å². The summed E-state index contributed by atoms with van der Waals surface area (Å²) in [6, 6.07) is 9.77. The lowest BCUT2D eigenvalue weighted by atomic mass is 10.2. The van der Waals surface area contributed by atoms with Crippen molar-refractivity contribution in [3.05, 3.63) is 57.3 Å². The van der Waals surface area contributed by atoms with Crippen LogP contribution in [0.4, 0.5) is 10.1 Å². The maximum atomic E-state index is 13.3. The predicted molar refractivity (Wildman–Crippen MR) is 74.5 cm³/mol. The molecule has 0 aromatic heterocycles. The summed E-state index contributed by atoms with van der Waals surface area (Å²) in [4.78, 5) is 0. The maximum Gasteiger partial charge on any atom is 0.139 e. The number of hydrogen-bond donors (Lipinski definition) is 2. The van der Waals surface area contributed by atoms with Crippen molar-refractivity contribution in [2.45, 2.75) is 6.54 Å². The van der Waals surface area contributed by atoms with Crippen LogP contribution in [0.3, 0.4) is 0 Å². The lowest BCUT2D eigenvalue weighted by molar-refractivity contribution is 0.475. The highest BCUT2D eigenvalue weighted by molar-refractivity contribution is 9.10. The highest BCUT2D eigenvalue weighted by Gasteiger charge is 2.02. The van der Waals surface area contributed by atoms with Crippen LogP contribution in [0.25, 0.3) is 0 Å². The topological polar surface area (TPSA) is 32.3 Å². The number of phenols is 1. The largest absolute Gasteiger partial charge is 0.506 e. The van der Waals surface area contributed by atoms with Gasteiger partial charge in [-0.25, -0.2) is 4.39 Å². The van der Waals surface area contributed by atoms with E-state index >= 15 is 0 Å². The quantitative estimate of drug-likeness (QED) is 0.864. The maximum absolute atomic E-state index is 13.3. The first-order valence-electron chi connectivity index (χ1n) is 5.22. The fourth-order valence-electron chi connectivity index (χ4n) is 1.47. The van der Waals surface area contributed by atoms with Gasteiger partial charge >= 0.3 is 0 Å². The van der Waals surface area contributed by atoms with E-state index in [9.17, 15) is 9.50 Å². The van der Waals surface area contributed by atoms with Crippen LogP contribution >= 0.6 is 27.5 Å². The summed E-state index contributed by atoms with van der Waals surface area (Å²) in [5.74, 6) is -0.265. The molecule has 0 aliphatic rings. The molecule has 0 atom stereocenters. The van der Waals surface area contributed by atoms with E-state index in [4.69, 9.17) is 11.6 Å². The van der Waals surface area contributed by atoms with Gasteiger partial charge in [0.1, 0.15) is 11.6 Å². The van der Waals surface area contributed by atoms with Crippen LogP contribution in [0.15, 0.2) is 40.9 Å². The van der Waals surface area contributed by atoms with E-state index in [0.29, 0.717) is 21.7 Å². The van der Waals surface area contributed by atoms with Gasteiger partial charge in [-0.05, 0) is 51.8 Å². The van der Waals surface area contributed by atoms with E-state index < -0.39 is 0 Å². The second kappa shape index (κ2) is 5.59. The third-order valence-electron chi connectivity index (χ3n) is 2.43. The van der Waals surface area contributed by atoms with Crippen LogP contribution in [0.2, 0.25) is 5.02 Å². The van der Waals surface area contributed by atoms with Crippen LogP contribution in [-0.4, -0.2) is 5.11 Å². The predicted octanol–water partition coefficient (Wildman–Crippen LogP) is 4.56. The first-order chi connectivity index (χ1) is 8.56. The molecule has 2 aromatic carbocycles. The van der Waals surface area contributed by atoms with Gasteiger partial charge in [-0.3, -0.25) is 0 Å². The van der Waals surface area contributed by atoms with Gasteiger partial charge in [0.2, 0.25) is 0 Å². The summed E-state index contributed by atoms with van der Waals surface area (Å²) in [6.07, 6.45) is 0. The van der Waals surface area contributed by atoms with Gasteiger partial charge in [-0.1, -0.05) is 17.7 Å². The number of halogens is 3. The van der Waals surface area contributed by atoms with E-state index in [-0.39, 0.29) is 11.6 Å². The van der Waals surface area contributed by atoms with Gasteiger partial charge in [0, 0.05) is 12.2 Å². The molecule has 5 heteroatoms. The molecule has 0 saturated carbocycles. The van der Waals surface area contributed by atoms with Gasteiger partial charge in [0.15, 0.2) is 0 Å². The molecule has 0 saturated heterocycles. The van der Waals surface area contributed by atoms with Crippen molar-refractivity contribution in [1.29, 1.82) is 0 Å². The van der Waals surface area contributed by atoms with Crippen LogP contribution in [0.5, 0.6) is 5.75 Å². The highest BCUT2D eigenvalue weighted by Crippen LogP contribution is 2.24. The van der Waals surface area contributed by atoms with Gasteiger partial charge in [-0.2, -0.15) is 0 Å². The average molecular weight is 331 g/mol. The van der Waals surface area contributed by atoms with Crippen LogP contribution < -0.4 is 5.32 Å². The first-order valence-corrected chi connectivity index (χ1v) is 6.39. The molecule has 2 nitrogen and oxygen atoms in total. The van der Waals surface area contributed by atoms with Crippen molar-refractivity contribution in [3.8, 4) is 5.75 Å². The fraction of sp³-hybridized carbons (Fsp3) is 0.0769. The van der Waals surface area contributed by atoms with Gasteiger partial charge in [0.25, 0.3) is 0 Å². The Morgan fingerprint density at radius 3 is 2.67 bits per heavy atom. The van der Waals surface area contributed by atoms with Crippen LogP contribution in [-0.2, 0) is 6.54 Å². The molecular formula is C13H10BrClFNO. The minimum absolute atomic E-state index is 0.0510. The Morgan fingerprint density at radius 1 is 1.22 bits per heavy atom. The molecule has 0 radical (unpaired) electrons. The Balaban J connectivity index is 2.06. The van der Waals surface area contributed by atoms with Gasteiger partial charge in [0.05, 0.1) is 9.50 Å². The molecule has 0 amide bonds. The number of nitrogens with one attached hydrogen (secondary N) is 1. The Hall–Kier alpha value is -1.26. The minimum Gasteiger partial charge on any atom is -0.506 e. The monoisotopic (exact) mass is 329 g/mol. The van der Waals surface area contributed by atoms with E-state index in [0.717, 1.165) is 5.56 Å². The standard InChI is InChI=1S/C13H10BrClFNO/c14-10-3-2-9(6-12(10)16)17-7-8-1-4-13(18)11(15)5-8/h1-6,17-18H,7H2. The Morgan fingerprint density at radius 2 is 2.00 bits per heavy atom. The lowest BCUT2D eigenvalue weighted by Crippen LogP contribution is -1.99. The molecule has 0 fully saturated rings. The molecule has 2 aromatic rings. The first kappa shape index (κ1) is 13.2. The number of phenolic OH excluding ortho intramolecular Hbond substituents is 1. The van der Waals surface area contributed by atoms with E-state index in [1.54, 1.807) is 24.3 Å². The fourth-order valence-corrected chi connectivity index (χ4v) is 1.92. The van der Waals surface area contributed by atoms with Crippen molar-refractivity contribution in [2.24, 2.45) is 0 Å². The molecule has 0 heterocycles. The molecular weight excluding hydrogens is 321 g/mol. The van der Waals surface area contributed by atoms with Crippen molar-refractivity contribution in [1.82, 2.24) is 0 Å². The zero-order valence-electron chi connectivity index (χ0n) is 9.25. The second-order valence-corrected chi connectivity index (χ2v) is 5.03. The Bertz CT molecular complexity index is 525. The van der Waals surface area contributed by atoms with E-state index in [1.807, 2.05) is 0 Å². The number of rotatable bonds is 3. The van der Waals surface area contributed by atoms with Gasteiger partial charge < -0.3 is 10.4 Å². The van der Waals surface area contributed by atoms with Crippen molar-refractivity contribution < 1.29 is 9.50 Å². The zero-order valence-corrected chi connectivity index (χ0v) is 11.6. The van der Waals surface area contributed by atoms with Gasteiger partial charge in [-0.15, -0.1) is 0 Å². The number of benzene rings is 2. The Labute approximate surface area is 118 Å². The summed E-state index contributed by atoms with van der Waals surface area (Å²) in [6.45, 7) is 0.501. The third kappa shape index (κ3) is 3.15. The van der Waals surface area contributed by atoms with Crippen molar-refractivity contribution in [3.63, 3.8) is 0 Å². The van der Waals surface area contributed by atoms with Crippen LogP contribution in [0, 0.1) is 5.82 Å². The molecule has 94 valence electrons. The minimum atomic E-state index is -0.316. The average Bonchev–Trinajstić information content (AvgIpc) is 2.35. The summed E-state index contributed by atoms with van der Waals surface area (Å²) in [7, 11) is 0. The van der Waals surface area contributed by atoms with Crippen molar-refractivity contribution in [2.75, 3.05) is 5.32 Å². The summed E-state index contributed by atoms with van der Waals surface area (Å²) in [5, 5.41) is 12.7. The molecule has 0 unspecified atom stereocenters. The molecule has 2 N–H and O–H groups in total. The highest BCUT2D eigenvalue weighted by atomic mass is 79.9. The molecule has 0 aliphatic carbocycles. The number of anilines is 1. The smallest absolute Gasteiger partial charge is 0.139 e. The summed E-state index contributed by atoms with van der Waals surface area (Å²) >= 11 is 8.89. The number of hydrogen-bond acceptors (Lipinski definition) is 2. The lowest BCUT2D eigenvalue weighted by Gasteiger charge is -2.08. The molecule has 0 aliphatic heterocycles. The molecule has 0 bridgehead atoms. The zero-order chi connectivity index (χ0) is 13.1. The van der Waals surface area contributed by atoms with E-state index in [2.05, 4.69) is 21.2 Å².